The fraction of sp³-hybridized carbons (Fsp3) is 0.462. The Balaban J connectivity index is 2.78. The predicted octanol–water partition coefficient (Wildman–Crippen LogP) is 2.25. The molecule has 2 N–H and O–H groups in total. The summed E-state index contributed by atoms with van der Waals surface area (Å²) in [5.41, 5.74) is 0.711. The van der Waals surface area contributed by atoms with Crippen LogP contribution in [0, 0.1) is 0 Å². The molecule has 1 aromatic rings. The first-order chi connectivity index (χ1) is 9.43. The topological polar surface area (TPSA) is 67.8 Å². The highest BCUT2D eigenvalue weighted by Gasteiger charge is 2.13. The molecule has 0 aromatic heterocycles. The van der Waals surface area contributed by atoms with Crippen LogP contribution in [0.1, 0.15) is 19.4 Å². The van der Waals surface area contributed by atoms with Crippen molar-refractivity contribution in [3.8, 4) is 11.5 Å². The molecule has 1 atom stereocenters. The van der Waals surface area contributed by atoms with Crippen molar-refractivity contribution in [3.05, 3.63) is 23.8 Å². The molecule has 0 amide bonds. The van der Waals surface area contributed by atoms with Gasteiger partial charge in [0.2, 0.25) is 0 Å². The molecule has 1 rings (SSSR count). The minimum absolute atomic E-state index is 0.0446. The van der Waals surface area contributed by atoms with Crippen LogP contribution in [-0.4, -0.2) is 30.3 Å². The second kappa shape index (κ2) is 7.64. The van der Waals surface area contributed by atoms with Crippen LogP contribution >= 0.6 is 0 Å². The Bertz CT molecular complexity index is 454. The first-order valence-electron chi connectivity index (χ1n) is 6.10. The van der Waals surface area contributed by atoms with Gasteiger partial charge >= 0.3 is 12.6 Å². The van der Waals surface area contributed by atoms with Gasteiger partial charge in [0.25, 0.3) is 0 Å². The Hall–Kier alpha value is -1.89. The number of aliphatic carboxylic acids is 1. The molecule has 1 unspecified atom stereocenters. The SMILES string of the molecule is CCOc1cc(CNC(C)C(=O)O)ccc1OC(F)F. The van der Waals surface area contributed by atoms with Crippen molar-refractivity contribution in [3.63, 3.8) is 0 Å². The average Bonchev–Trinajstić information content (AvgIpc) is 2.38. The van der Waals surface area contributed by atoms with Gasteiger partial charge in [0, 0.05) is 6.54 Å². The zero-order chi connectivity index (χ0) is 15.1. The number of carbonyl (C=O) groups is 1. The second-order valence-corrected chi connectivity index (χ2v) is 4.03. The number of hydrogen-bond donors (Lipinski definition) is 2. The normalized spacial score (nSPS) is 12.2. The third-order valence-corrected chi connectivity index (χ3v) is 2.51. The first kappa shape index (κ1) is 16.2. The van der Waals surface area contributed by atoms with Gasteiger partial charge in [-0.2, -0.15) is 8.78 Å². The molecule has 0 bridgehead atoms. The summed E-state index contributed by atoms with van der Waals surface area (Å²) in [6.45, 7) is 0.902. The summed E-state index contributed by atoms with van der Waals surface area (Å²) in [7, 11) is 0. The number of nitrogens with one attached hydrogen (secondary N) is 1. The van der Waals surface area contributed by atoms with Gasteiger partial charge in [0.1, 0.15) is 6.04 Å². The number of ether oxygens (including phenoxy) is 2. The maximum absolute atomic E-state index is 12.2. The molecular weight excluding hydrogens is 272 g/mol. The standard InChI is InChI=1S/C13H17F2NO4/c1-3-19-11-6-9(7-16-8(2)12(17)18)4-5-10(11)20-13(14)15/h4-6,8,13,16H,3,7H2,1-2H3,(H,17,18). The van der Waals surface area contributed by atoms with Crippen molar-refractivity contribution >= 4 is 5.97 Å². The fourth-order valence-electron chi connectivity index (χ4n) is 1.48. The lowest BCUT2D eigenvalue weighted by Gasteiger charge is -2.14. The summed E-state index contributed by atoms with van der Waals surface area (Å²) in [6, 6.07) is 3.78. The first-order valence-corrected chi connectivity index (χ1v) is 6.10. The largest absolute Gasteiger partial charge is 0.490 e. The maximum Gasteiger partial charge on any atom is 0.387 e. The number of benzene rings is 1. The molecule has 1 aromatic carbocycles. The molecule has 0 aliphatic heterocycles. The monoisotopic (exact) mass is 289 g/mol. The quantitative estimate of drug-likeness (QED) is 0.768. The lowest BCUT2D eigenvalue weighted by atomic mass is 10.2. The molecule has 0 radical (unpaired) electrons. The predicted molar refractivity (Wildman–Crippen MR) is 68.2 cm³/mol. The van der Waals surface area contributed by atoms with Crippen molar-refractivity contribution in [2.24, 2.45) is 0 Å². The van der Waals surface area contributed by atoms with E-state index in [4.69, 9.17) is 9.84 Å². The lowest BCUT2D eigenvalue weighted by molar-refractivity contribution is -0.139. The summed E-state index contributed by atoms with van der Waals surface area (Å²) < 4.78 is 34.0. The van der Waals surface area contributed by atoms with Gasteiger partial charge in [-0.25, -0.2) is 0 Å². The summed E-state index contributed by atoms with van der Waals surface area (Å²) in [5.74, 6) is -0.806. The van der Waals surface area contributed by atoms with Crippen LogP contribution in [0.25, 0.3) is 0 Å². The van der Waals surface area contributed by atoms with E-state index in [2.05, 4.69) is 10.1 Å². The van der Waals surface area contributed by atoms with Crippen molar-refractivity contribution < 1.29 is 28.2 Å². The van der Waals surface area contributed by atoms with Gasteiger partial charge in [-0.3, -0.25) is 4.79 Å². The molecule has 0 spiro atoms. The summed E-state index contributed by atoms with van der Waals surface area (Å²) >= 11 is 0. The van der Waals surface area contributed by atoms with Gasteiger partial charge < -0.3 is 19.9 Å². The molecule has 5 nitrogen and oxygen atoms in total. The van der Waals surface area contributed by atoms with Crippen LogP contribution in [0.5, 0.6) is 11.5 Å². The van der Waals surface area contributed by atoms with E-state index in [-0.39, 0.29) is 18.0 Å². The van der Waals surface area contributed by atoms with Gasteiger partial charge in [0.05, 0.1) is 6.61 Å². The third-order valence-electron chi connectivity index (χ3n) is 2.51. The lowest BCUT2D eigenvalue weighted by Crippen LogP contribution is -2.33. The summed E-state index contributed by atoms with van der Waals surface area (Å²) in [5, 5.41) is 11.5. The maximum atomic E-state index is 12.2. The minimum Gasteiger partial charge on any atom is -0.490 e. The molecule has 0 aliphatic carbocycles. The molecule has 20 heavy (non-hydrogen) atoms. The van der Waals surface area contributed by atoms with Gasteiger partial charge in [0.15, 0.2) is 11.5 Å². The van der Waals surface area contributed by atoms with Crippen molar-refractivity contribution in [2.45, 2.75) is 33.0 Å². The Kier molecular flexibility index (Phi) is 6.17. The van der Waals surface area contributed by atoms with Gasteiger partial charge in [-0.05, 0) is 31.5 Å². The minimum atomic E-state index is -2.93. The Labute approximate surface area is 115 Å². The molecule has 112 valence electrons. The summed E-state index contributed by atoms with van der Waals surface area (Å²) in [6.07, 6.45) is 0. The number of alkyl halides is 2. The van der Waals surface area contributed by atoms with Crippen LogP contribution in [0.4, 0.5) is 8.78 Å². The second-order valence-electron chi connectivity index (χ2n) is 4.03. The van der Waals surface area contributed by atoms with Crippen molar-refractivity contribution in [1.82, 2.24) is 5.32 Å². The third kappa shape index (κ3) is 5.00. The van der Waals surface area contributed by atoms with E-state index >= 15 is 0 Å². The van der Waals surface area contributed by atoms with E-state index in [9.17, 15) is 13.6 Å². The number of carboxylic acid groups (broad SMARTS) is 1. The van der Waals surface area contributed by atoms with E-state index in [1.54, 1.807) is 19.1 Å². The van der Waals surface area contributed by atoms with Crippen LogP contribution in [0.3, 0.4) is 0 Å². The molecule has 0 saturated heterocycles. The van der Waals surface area contributed by atoms with Gasteiger partial charge in [-0.15, -0.1) is 0 Å². The Morgan fingerprint density at radius 3 is 2.65 bits per heavy atom. The van der Waals surface area contributed by atoms with Gasteiger partial charge in [-0.1, -0.05) is 6.07 Å². The number of carboxylic acids is 1. The van der Waals surface area contributed by atoms with E-state index in [0.717, 1.165) is 0 Å². The molecule has 0 saturated carbocycles. The zero-order valence-electron chi connectivity index (χ0n) is 11.2. The molecule has 0 fully saturated rings. The van der Waals surface area contributed by atoms with Crippen molar-refractivity contribution in [2.75, 3.05) is 6.61 Å². The highest BCUT2D eigenvalue weighted by molar-refractivity contribution is 5.72. The number of rotatable bonds is 8. The highest BCUT2D eigenvalue weighted by Crippen LogP contribution is 2.29. The Morgan fingerprint density at radius 2 is 2.10 bits per heavy atom. The van der Waals surface area contributed by atoms with E-state index in [1.807, 2.05) is 0 Å². The highest BCUT2D eigenvalue weighted by atomic mass is 19.3. The number of hydrogen-bond acceptors (Lipinski definition) is 4. The van der Waals surface area contributed by atoms with Crippen LogP contribution < -0.4 is 14.8 Å². The molecule has 7 heteroatoms. The molecule has 0 heterocycles. The zero-order valence-corrected chi connectivity index (χ0v) is 11.2. The number of halogens is 2. The molecular formula is C13H17F2NO4. The van der Waals surface area contributed by atoms with Crippen LogP contribution in [0.2, 0.25) is 0 Å². The smallest absolute Gasteiger partial charge is 0.387 e. The Morgan fingerprint density at radius 1 is 1.40 bits per heavy atom. The van der Waals surface area contributed by atoms with E-state index in [1.165, 1.54) is 13.0 Å². The van der Waals surface area contributed by atoms with E-state index in [0.29, 0.717) is 12.2 Å². The average molecular weight is 289 g/mol. The fourth-order valence-corrected chi connectivity index (χ4v) is 1.48. The van der Waals surface area contributed by atoms with Crippen molar-refractivity contribution in [1.29, 1.82) is 0 Å². The van der Waals surface area contributed by atoms with E-state index < -0.39 is 18.6 Å². The van der Waals surface area contributed by atoms with Crippen LogP contribution in [0.15, 0.2) is 18.2 Å². The molecule has 0 aliphatic rings. The van der Waals surface area contributed by atoms with Crippen LogP contribution in [-0.2, 0) is 11.3 Å². The summed E-state index contributed by atoms with van der Waals surface area (Å²) in [4.78, 5) is 10.7.